The van der Waals surface area contributed by atoms with Crippen LogP contribution < -0.4 is 0 Å². The van der Waals surface area contributed by atoms with E-state index in [0.29, 0.717) is 16.7 Å². The molecule has 1 nitrogen and oxygen atoms in total. The first-order valence-corrected chi connectivity index (χ1v) is 5.76. The van der Waals surface area contributed by atoms with Crippen molar-refractivity contribution in [2.24, 2.45) is 0 Å². The second-order valence-corrected chi connectivity index (χ2v) is 4.49. The van der Waals surface area contributed by atoms with Crippen LogP contribution in [0.1, 0.15) is 22.8 Å². The number of hydrogen-bond donors (Lipinski definition) is 1. The van der Waals surface area contributed by atoms with Gasteiger partial charge in [0.15, 0.2) is 0 Å². The molecule has 0 aliphatic carbocycles. The molecule has 2 aromatic carbocycles. The minimum absolute atomic E-state index is 0.120. The average Bonchev–Trinajstić information content (AvgIpc) is 2.33. The van der Waals surface area contributed by atoms with Crippen LogP contribution in [0.2, 0.25) is 5.02 Å². The lowest BCUT2D eigenvalue weighted by molar-refractivity contribution is 0.219. The van der Waals surface area contributed by atoms with Crippen LogP contribution in [0.25, 0.3) is 0 Å². The molecule has 1 unspecified atom stereocenters. The maximum atomic E-state index is 13.3. The van der Waals surface area contributed by atoms with E-state index < -0.39 is 17.7 Å². The molecule has 1 N–H and O–H groups in total. The Bertz CT molecular complexity index is 584. The monoisotopic (exact) mass is 268 g/mol. The number of hydrogen-bond acceptors (Lipinski definition) is 1. The lowest BCUT2D eigenvalue weighted by atomic mass is 9.99. The van der Waals surface area contributed by atoms with Gasteiger partial charge in [0.05, 0.1) is 0 Å². The highest BCUT2D eigenvalue weighted by Gasteiger charge is 2.16. The van der Waals surface area contributed by atoms with Crippen LogP contribution in [-0.2, 0) is 0 Å². The molecular formula is C14H11ClF2O. The van der Waals surface area contributed by atoms with Gasteiger partial charge in [-0.15, -0.1) is 0 Å². The van der Waals surface area contributed by atoms with Crippen molar-refractivity contribution in [3.8, 4) is 0 Å². The molecule has 0 saturated carbocycles. The molecule has 94 valence electrons. The average molecular weight is 269 g/mol. The molecule has 2 rings (SSSR count). The van der Waals surface area contributed by atoms with E-state index in [2.05, 4.69) is 0 Å². The van der Waals surface area contributed by atoms with Crippen LogP contribution in [0.5, 0.6) is 0 Å². The van der Waals surface area contributed by atoms with Gasteiger partial charge in [-0.05, 0) is 42.3 Å². The SMILES string of the molecule is Cc1cc(C(O)c2cccc(F)c2)c(Cl)cc1F. The molecule has 0 aliphatic rings. The van der Waals surface area contributed by atoms with Crippen molar-refractivity contribution >= 4 is 11.6 Å². The first kappa shape index (κ1) is 13.0. The zero-order valence-electron chi connectivity index (χ0n) is 9.62. The van der Waals surface area contributed by atoms with Gasteiger partial charge in [-0.3, -0.25) is 0 Å². The summed E-state index contributed by atoms with van der Waals surface area (Å²) >= 11 is 5.89. The Morgan fingerprint density at radius 2 is 1.89 bits per heavy atom. The Morgan fingerprint density at radius 1 is 1.17 bits per heavy atom. The number of aryl methyl sites for hydroxylation is 1. The predicted octanol–water partition coefficient (Wildman–Crippen LogP) is 4.01. The standard InChI is InChI=1S/C14H11ClF2O/c1-8-5-11(12(15)7-13(8)17)14(18)9-3-2-4-10(16)6-9/h2-7,14,18H,1H3. The molecule has 0 radical (unpaired) electrons. The first-order chi connectivity index (χ1) is 8.49. The molecule has 0 spiro atoms. The van der Waals surface area contributed by atoms with E-state index in [-0.39, 0.29) is 5.02 Å². The summed E-state index contributed by atoms with van der Waals surface area (Å²) in [6, 6.07) is 8.20. The van der Waals surface area contributed by atoms with Crippen molar-refractivity contribution in [2.45, 2.75) is 13.0 Å². The summed E-state index contributed by atoms with van der Waals surface area (Å²) in [5.74, 6) is -0.878. The maximum Gasteiger partial charge on any atom is 0.127 e. The smallest absolute Gasteiger partial charge is 0.127 e. The Labute approximate surface area is 109 Å². The molecule has 0 heterocycles. The van der Waals surface area contributed by atoms with Crippen LogP contribution in [-0.4, -0.2) is 5.11 Å². The van der Waals surface area contributed by atoms with Crippen LogP contribution in [0.3, 0.4) is 0 Å². The molecule has 0 aromatic heterocycles. The van der Waals surface area contributed by atoms with E-state index in [4.69, 9.17) is 11.6 Å². The Morgan fingerprint density at radius 3 is 2.56 bits per heavy atom. The van der Waals surface area contributed by atoms with Crippen molar-refractivity contribution in [3.63, 3.8) is 0 Å². The third kappa shape index (κ3) is 2.52. The second kappa shape index (κ2) is 5.04. The second-order valence-electron chi connectivity index (χ2n) is 4.08. The number of halogens is 3. The molecule has 18 heavy (non-hydrogen) atoms. The number of aliphatic hydroxyl groups excluding tert-OH is 1. The van der Waals surface area contributed by atoms with E-state index in [9.17, 15) is 13.9 Å². The predicted molar refractivity (Wildman–Crippen MR) is 66.6 cm³/mol. The van der Waals surface area contributed by atoms with Crippen LogP contribution >= 0.6 is 11.6 Å². The third-order valence-electron chi connectivity index (χ3n) is 2.74. The largest absolute Gasteiger partial charge is 0.384 e. The lowest BCUT2D eigenvalue weighted by Gasteiger charge is -2.14. The van der Waals surface area contributed by atoms with Gasteiger partial charge in [-0.25, -0.2) is 8.78 Å². The van der Waals surface area contributed by atoms with Crippen LogP contribution in [0, 0.1) is 18.6 Å². The highest BCUT2D eigenvalue weighted by molar-refractivity contribution is 6.31. The number of rotatable bonds is 2. The van der Waals surface area contributed by atoms with Crippen molar-refractivity contribution in [3.05, 3.63) is 69.7 Å². The molecule has 0 aliphatic heterocycles. The van der Waals surface area contributed by atoms with Gasteiger partial charge < -0.3 is 5.11 Å². The van der Waals surface area contributed by atoms with E-state index in [1.54, 1.807) is 13.0 Å². The van der Waals surface area contributed by atoms with E-state index in [0.717, 1.165) is 6.07 Å². The van der Waals surface area contributed by atoms with Crippen LogP contribution in [0.15, 0.2) is 36.4 Å². The van der Waals surface area contributed by atoms with Crippen molar-refractivity contribution in [1.82, 2.24) is 0 Å². The fourth-order valence-corrected chi connectivity index (χ4v) is 2.00. The molecular weight excluding hydrogens is 258 g/mol. The molecule has 1 atom stereocenters. The highest BCUT2D eigenvalue weighted by Crippen LogP contribution is 2.30. The molecule has 0 fully saturated rings. The number of benzene rings is 2. The Balaban J connectivity index is 2.46. The van der Waals surface area contributed by atoms with Gasteiger partial charge >= 0.3 is 0 Å². The minimum Gasteiger partial charge on any atom is -0.384 e. The van der Waals surface area contributed by atoms with Gasteiger partial charge in [0.1, 0.15) is 17.7 Å². The van der Waals surface area contributed by atoms with Gasteiger partial charge in [-0.1, -0.05) is 23.7 Å². The fourth-order valence-electron chi connectivity index (χ4n) is 1.75. The van der Waals surface area contributed by atoms with Crippen molar-refractivity contribution in [2.75, 3.05) is 0 Å². The summed E-state index contributed by atoms with van der Waals surface area (Å²) in [7, 11) is 0. The van der Waals surface area contributed by atoms with Gasteiger partial charge in [-0.2, -0.15) is 0 Å². The molecule has 2 aromatic rings. The van der Waals surface area contributed by atoms with E-state index >= 15 is 0 Å². The van der Waals surface area contributed by atoms with Gasteiger partial charge in [0.2, 0.25) is 0 Å². The zero-order valence-corrected chi connectivity index (χ0v) is 10.4. The molecule has 0 bridgehead atoms. The first-order valence-electron chi connectivity index (χ1n) is 5.38. The summed E-state index contributed by atoms with van der Waals surface area (Å²) in [6.45, 7) is 1.58. The quantitative estimate of drug-likeness (QED) is 0.873. The summed E-state index contributed by atoms with van der Waals surface area (Å²) in [5, 5.41) is 10.3. The summed E-state index contributed by atoms with van der Waals surface area (Å²) in [6.07, 6.45) is -1.08. The summed E-state index contributed by atoms with van der Waals surface area (Å²) in [4.78, 5) is 0. The highest BCUT2D eigenvalue weighted by atomic mass is 35.5. The van der Waals surface area contributed by atoms with Crippen LogP contribution in [0.4, 0.5) is 8.78 Å². The van der Waals surface area contributed by atoms with E-state index in [1.165, 1.54) is 24.3 Å². The van der Waals surface area contributed by atoms with Crippen molar-refractivity contribution < 1.29 is 13.9 Å². The number of aliphatic hydroxyl groups is 1. The topological polar surface area (TPSA) is 20.2 Å². The van der Waals surface area contributed by atoms with Crippen molar-refractivity contribution in [1.29, 1.82) is 0 Å². The third-order valence-corrected chi connectivity index (χ3v) is 3.06. The van der Waals surface area contributed by atoms with Gasteiger partial charge in [0, 0.05) is 10.6 Å². The van der Waals surface area contributed by atoms with Gasteiger partial charge in [0.25, 0.3) is 0 Å². The molecule has 4 heteroatoms. The zero-order chi connectivity index (χ0) is 13.3. The Hall–Kier alpha value is -1.45. The summed E-state index contributed by atoms with van der Waals surface area (Å²) < 4.78 is 26.3. The molecule has 0 saturated heterocycles. The maximum absolute atomic E-state index is 13.3. The minimum atomic E-state index is -1.08. The summed E-state index contributed by atoms with van der Waals surface area (Å²) in [5.41, 5.74) is 1.12. The Kier molecular flexibility index (Phi) is 3.64. The molecule has 0 amide bonds. The van der Waals surface area contributed by atoms with E-state index in [1.807, 2.05) is 0 Å². The normalized spacial score (nSPS) is 12.5. The fraction of sp³-hybridized carbons (Fsp3) is 0.143. The lowest BCUT2D eigenvalue weighted by Crippen LogP contribution is -2.02.